The summed E-state index contributed by atoms with van der Waals surface area (Å²) in [7, 11) is 1.51. The topological polar surface area (TPSA) is 46.5 Å². The van der Waals surface area contributed by atoms with Crippen molar-refractivity contribution in [3.63, 3.8) is 0 Å². The normalized spacial score (nSPS) is 13.9. The molecule has 0 aromatic heterocycles. The van der Waals surface area contributed by atoms with E-state index in [1.54, 1.807) is 24.5 Å². The van der Waals surface area contributed by atoms with Gasteiger partial charge in [0.2, 0.25) is 0 Å². The third-order valence-corrected chi connectivity index (χ3v) is 4.23. The Hall–Kier alpha value is -3.67. The molecule has 0 unspecified atom stereocenters. The van der Waals surface area contributed by atoms with E-state index in [0.29, 0.717) is 24.1 Å². The Bertz CT molecular complexity index is 1110. The summed E-state index contributed by atoms with van der Waals surface area (Å²) in [5.74, 6) is 4.24. The van der Waals surface area contributed by atoms with Crippen molar-refractivity contribution in [3.8, 4) is 11.8 Å². The number of carbonyl (C=O) groups is 1. The van der Waals surface area contributed by atoms with Crippen LogP contribution in [0.25, 0.3) is 11.6 Å². The van der Waals surface area contributed by atoms with Crippen molar-refractivity contribution in [2.75, 3.05) is 7.11 Å². The van der Waals surface area contributed by atoms with Crippen molar-refractivity contribution in [2.24, 2.45) is 0 Å². The van der Waals surface area contributed by atoms with Gasteiger partial charge in [0, 0.05) is 18.1 Å². The van der Waals surface area contributed by atoms with Crippen molar-refractivity contribution in [1.29, 1.82) is 0 Å². The second kappa shape index (κ2) is 10.3. The number of hydrogen-bond donors (Lipinski definition) is 1. The fourth-order valence-corrected chi connectivity index (χ4v) is 2.91. The van der Waals surface area contributed by atoms with Crippen LogP contribution in [0, 0.1) is 11.8 Å². The number of benzene rings is 2. The molecule has 9 heteroatoms. The van der Waals surface area contributed by atoms with E-state index in [4.69, 9.17) is 14.6 Å². The highest BCUT2D eigenvalue weighted by Crippen LogP contribution is 2.36. The summed E-state index contributed by atoms with van der Waals surface area (Å²) in [5.41, 5.74) is -0.0174. The summed E-state index contributed by atoms with van der Waals surface area (Å²) in [4.78, 5) is 9.00. The van der Waals surface area contributed by atoms with E-state index in [9.17, 15) is 26.3 Å². The molecule has 1 aliphatic carbocycles. The molecule has 33 heavy (non-hydrogen) atoms. The number of hydrogen-bond acceptors (Lipinski definition) is 2. The summed E-state index contributed by atoms with van der Waals surface area (Å²) in [5, 5.41) is 7.42. The molecule has 1 N–H and O–H groups in total. The number of allylic oxidation sites excluding steroid dienone is 2. The van der Waals surface area contributed by atoms with Gasteiger partial charge in [-0.05, 0) is 53.5 Å². The van der Waals surface area contributed by atoms with Gasteiger partial charge in [-0.3, -0.25) is 4.79 Å². The van der Waals surface area contributed by atoms with E-state index in [-0.39, 0.29) is 11.6 Å². The van der Waals surface area contributed by atoms with Crippen LogP contribution >= 0.6 is 0 Å². The lowest BCUT2D eigenvalue weighted by Crippen LogP contribution is -2.11. The first-order valence-electron chi connectivity index (χ1n) is 9.35. The van der Waals surface area contributed by atoms with Crippen LogP contribution < -0.4 is 0 Å². The van der Waals surface area contributed by atoms with Crippen molar-refractivity contribution >= 4 is 17.6 Å². The van der Waals surface area contributed by atoms with Crippen LogP contribution in [0.15, 0.2) is 48.7 Å². The van der Waals surface area contributed by atoms with E-state index in [2.05, 4.69) is 11.8 Å². The lowest BCUT2D eigenvalue weighted by Gasteiger charge is -2.14. The number of ether oxygens (including phenoxy) is 1. The predicted octanol–water partition coefficient (Wildman–Crippen LogP) is 6.62. The maximum absolute atomic E-state index is 13.0. The Kier molecular flexibility index (Phi) is 7.99. The molecule has 0 amide bonds. The van der Waals surface area contributed by atoms with E-state index in [1.807, 2.05) is 12.2 Å². The molecule has 0 fully saturated rings. The molecule has 2 aromatic rings. The second-order valence-corrected chi connectivity index (χ2v) is 6.85. The molecule has 0 bridgehead atoms. The van der Waals surface area contributed by atoms with Gasteiger partial charge in [0.1, 0.15) is 0 Å². The van der Waals surface area contributed by atoms with Gasteiger partial charge in [0.05, 0.1) is 24.5 Å². The zero-order valence-corrected chi connectivity index (χ0v) is 17.4. The Morgan fingerprint density at radius 2 is 1.52 bits per heavy atom. The van der Waals surface area contributed by atoms with Gasteiger partial charge in [0.15, 0.2) is 0 Å². The predicted molar refractivity (Wildman–Crippen MR) is 111 cm³/mol. The number of methoxy groups -OCH3 is 1. The first-order chi connectivity index (χ1) is 15.3. The van der Waals surface area contributed by atoms with Crippen LogP contribution in [0.3, 0.4) is 0 Å². The monoisotopic (exact) mass is 468 g/mol. The number of fused-ring (bicyclic) bond motifs is 1. The first kappa shape index (κ1) is 25.6. The molecule has 0 aliphatic heterocycles. The zero-order valence-electron chi connectivity index (χ0n) is 17.4. The van der Waals surface area contributed by atoms with Crippen LogP contribution in [0.4, 0.5) is 26.3 Å². The average Bonchev–Trinajstić information content (AvgIpc) is 2.71. The molecule has 0 atom stereocenters. The van der Waals surface area contributed by atoms with Crippen LogP contribution in [0.2, 0.25) is 0 Å². The van der Waals surface area contributed by atoms with Crippen molar-refractivity contribution in [3.05, 3.63) is 82.1 Å². The van der Waals surface area contributed by atoms with E-state index in [1.165, 1.54) is 7.11 Å². The number of halogens is 6. The molecule has 3 rings (SSSR count). The SMILES string of the molecule is CC(=O)O.COC=C1CC=Cc2ccc(C#Cc3cc(C(F)(F)F)cc(C(F)(F)F)c3)cc21. The molecule has 0 spiro atoms. The van der Waals surface area contributed by atoms with Crippen LogP contribution in [0.5, 0.6) is 0 Å². The maximum Gasteiger partial charge on any atom is 0.416 e. The van der Waals surface area contributed by atoms with Gasteiger partial charge in [-0.2, -0.15) is 26.3 Å². The Morgan fingerprint density at radius 1 is 0.970 bits per heavy atom. The molecule has 1 aliphatic rings. The van der Waals surface area contributed by atoms with Gasteiger partial charge < -0.3 is 9.84 Å². The molecule has 3 nitrogen and oxygen atoms in total. The number of carboxylic acid groups (broad SMARTS) is 1. The van der Waals surface area contributed by atoms with Gasteiger partial charge in [-0.1, -0.05) is 30.1 Å². The highest BCUT2D eigenvalue weighted by molar-refractivity contribution is 5.79. The van der Waals surface area contributed by atoms with Crippen molar-refractivity contribution < 1.29 is 41.0 Å². The summed E-state index contributed by atoms with van der Waals surface area (Å²) in [6.45, 7) is 1.08. The molecular formula is C24H18F6O3. The molecule has 0 saturated heterocycles. The highest BCUT2D eigenvalue weighted by Gasteiger charge is 2.36. The molecular weight excluding hydrogens is 450 g/mol. The zero-order chi connectivity index (χ0) is 24.8. The number of carboxylic acids is 1. The van der Waals surface area contributed by atoms with Gasteiger partial charge in [-0.25, -0.2) is 0 Å². The van der Waals surface area contributed by atoms with E-state index < -0.39 is 29.4 Å². The Balaban J connectivity index is 0.000000890. The lowest BCUT2D eigenvalue weighted by atomic mass is 9.91. The third kappa shape index (κ3) is 7.45. The summed E-state index contributed by atoms with van der Waals surface area (Å²) >= 11 is 0. The number of aliphatic carboxylic acids is 1. The lowest BCUT2D eigenvalue weighted by molar-refractivity contribution is -0.143. The summed E-state index contributed by atoms with van der Waals surface area (Å²) < 4.78 is 82.8. The van der Waals surface area contributed by atoms with Crippen LogP contribution in [-0.2, 0) is 21.9 Å². The van der Waals surface area contributed by atoms with Gasteiger partial charge in [0.25, 0.3) is 5.97 Å². The second-order valence-electron chi connectivity index (χ2n) is 6.85. The van der Waals surface area contributed by atoms with Crippen molar-refractivity contribution in [2.45, 2.75) is 25.7 Å². The van der Waals surface area contributed by atoms with Gasteiger partial charge in [-0.15, -0.1) is 0 Å². The minimum Gasteiger partial charge on any atom is -0.504 e. The maximum atomic E-state index is 13.0. The van der Waals surface area contributed by atoms with Crippen LogP contribution in [-0.4, -0.2) is 18.2 Å². The largest absolute Gasteiger partial charge is 0.504 e. The summed E-state index contributed by atoms with van der Waals surface area (Å²) in [6.07, 6.45) is -3.71. The summed E-state index contributed by atoms with van der Waals surface area (Å²) in [6, 6.07) is 6.47. The highest BCUT2D eigenvalue weighted by atomic mass is 19.4. The Labute approximate surface area is 186 Å². The molecule has 0 radical (unpaired) electrons. The number of alkyl halides is 6. The smallest absolute Gasteiger partial charge is 0.416 e. The standard InChI is InChI=1S/C22H14F6O.C2H4O2/c1-29-13-17-4-2-3-16-8-7-14(11-20(16)17)5-6-15-9-18(21(23,24)25)12-19(10-15)22(26,27)28;1-2(3)4/h2-3,7-13H,4H2,1H3;1H3,(H,3,4). The van der Waals surface area contributed by atoms with Gasteiger partial charge >= 0.3 is 12.4 Å². The molecule has 0 saturated carbocycles. The average molecular weight is 468 g/mol. The van der Waals surface area contributed by atoms with Crippen LogP contribution in [0.1, 0.15) is 46.7 Å². The quantitative estimate of drug-likeness (QED) is 0.291. The third-order valence-electron chi connectivity index (χ3n) is 4.23. The minimum absolute atomic E-state index is 0.0816. The fraction of sp³-hybridized carbons (Fsp3) is 0.208. The number of rotatable bonds is 1. The molecule has 2 aromatic carbocycles. The molecule has 0 heterocycles. The minimum atomic E-state index is -4.91. The van der Waals surface area contributed by atoms with E-state index in [0.717, 1.165) is 23.6 Å². The first-order valence-corrected chi connectivity index (χ1v) is 9.35. The van der Waals surface area contributed by atoms with E-state index >= 15 is 0 Å². The fourth-order valence-electron chi connectivity index (χ4n) is 2.91. The van der Waals surface area contributed by atoms with Crippen molar-refractivity contribution in [1.82, 2.24) is 0 Å². The Morgan fingerprint density at radius 3 is 2.03 bits per heavy atom. The molecule has 174 valence electrons.